The predicted molar refractivity (Wildman–Crippen MR) is 120 cm³/mol. The molecule has 0 unspecified atom stereocenters. The molecule has 2 amide bonds. The summed E-state index contributed by atoms with van der Waals surface area (Å²) in [5.41, 5.74) is 0.0697. The van der Waals surface area contributed by atoms with Crippen LogP contribution in [0.4, 0.5) is 18.9 Å². The Hall–Kier alpha value is -3.97. The van der Waals surface area contributed by atoms with Crippen molar-refractivity contribution in [2.24, 2.45) is 0 Å². The fraction of sp³-hybridized carbons (Fsp3) is 0.174. The van der Waals surface area contributed by atoms with Crippen molar-refractivity contribution in [3.8, 4) is 29.0 Å². The summed E-state index contributed by atoms with van der Waals surface area (Å²) >= 11 is 5.83. The van der Waals surface area contributed by atoms with Crippen LogP contribution in [0.5, 0.6) is 5.75 Å². The molecule has 2 aromatic carbocycles. The molecule has 0 aliphatic carbocycles. The van der Waals surface area contributed by atoms with Crippen LogP contribution in [0.25, 0.3) is 11.4 Å². The van der Waals surface area contributed by atoms with Gasteiger partial charge in [0.1, 0.15) is 17.3 Å². The molecule has 0 aliphatic heterocycles. The number of hydrogen-bond acceptors (Lipinski definition) is 4. The van der Waals surface area contributed by atoms with E-state index in [1.54, 1.807) is 24.3 Å². The van der Waals surface area contributed by atoms with Crippen molar-refractivity contribution in [3.05, 3.63) is 64.9 Å². The third-order valence-corrected chi connectivity index (χ3v) is 4.61. The van der Waals surface area contributed by atoms with Crippen molar-refractivity contribution in [1.29, 1.82) is 0 Å². The SMILES string of the molecule is O=CNCCCOc1ccc(-c2ncc(C(F)(F)F)[nH]2)cc1NC(=O)C#Cc1ccc(Cl)cc1. The molecule has 176 valence electrons. The highest BCUT2D eigenvalue weighted by atomic mass is 35.5. The van der Waals surface area contributed by atoms with Crippen LogP contribution in [0.15, 0.2) is 48.7 Å². The molecule has 3 N–H and O–H groups in total. The van der Waals surface area contributed by atoms with Gasteiger partial charge in [-0.2, -0.15) is 13.2 Å². The molecule has 0 fully saturated rings. The van der Waals surface area contributed by atoms with Gasteiger partial charge >= 0.3 is 12.1 Å². The smallest absolute Gasteiger partial charge is 0.432 e. The van der Waals surface area contributed by atoms with E-state index >= 15 is 0 Å². The number of aromatic amines is 1. The molecule has 1 aromatic heterocycles. The van der Waals surface area contributed by atoms with Crippen LogP contribution >= 0.6 is 11.6 Å². The van der Waals surface area contributed by atoms with Crippen molar-refractivity contribution >= 4 is 29.6 Å². The zero-order chi connectivity index (χ0) is 24.6. The maximum absolute atomic E-state index is 12.9. The minimum absolute atomic E-state index is 0.0307. The number of carbonyl (C=O) groups excluding carboxylic acids is 2. The topological polar surface area (TPSA) is 96.1 Å². The second-order valence-corrected chi connectivity index (χ2v) is 7.28. The van der Waals surface area contributed by atoms with Gasteiger partial charge in [0.25, 0.3) is 0 Å². The molecule has 0 spiro atoms. The highest BCUT2D eigenvalue weighted by molar-refractivity contribution is 6.30. The first-order valence-electron chi connectivity index (χ1n) is 9.91. The number of ether oxygens (including phenoxy) is 1. The Bertz CT molecular complexity index is 1210. The monoisotopic (exact) mass is 490 g/mol. The normalized spacial score (nSPS) is 10.7. The third kappa shape index (κ3) is 7.02. The number of aromatic nitrogens is 2. The molecule has 11 heteroatoms. The minimum atomic E-state index is -4.57. The average Bonchev–Trinajstić information content (AvgIpc) is 3.30. The number of hydrogen-bond donors (Lipinski definition) is 3. The van der Waals surface area contributed by atoms with Gasteiger partial charge in [-0.1, -0.05) is 17.5 Å². The molecule has 3 aromatic rings. The van der Waals surface area contributed by atoms with Crippen LogP contribution < -0.4 is 15.4 Å². The number of nitrogens with one attached hydrogen (secondary N) is 3. The summed E-state index contributed by atoms with van der Waals surface area (Å²) in [7, 11) is 0. The van der Waals surface area contributed by atoms with Gasteiger partial charge in [0, 0.05) is 28.6 Å². The van der Waals surface area contributed by atoms with Crippen LogP contribution in [0.2, 0.25) is 5.02 Å². The lowest BCUT2D eigenvalue weighted by Crippen LogP contribution is -2.15. The van der Waals surface area contributed by atoms with E-state index in [-0.39, 0.29) is 23.9 Å². The molecule has 0 bridgehead atoms. The fourth-order valence-corrected chi connectivity index (χ4v) is 2.87. The summed E-state index contributed by atoms with van der Waals surface area (Å²) in [6.45, 7) is 0.612. The molecule has 0 saturated carbocycles. The Balaban J connectivity index is 1.82. The average molecular weight is 491 g/mol. The van der Waals surface area contributed by atoms with Gasteiger partial charge in [-0.25, -0.2) is 4.98 Å². The van der Waals surface area contributed by atoms with Crippen LogP contribution in [0.3, 0.4) is 0 Å². The van der Waals surface area contributed by atoms with Gasteiger partial charge < -0.3 is 20.4 Å². The summed E-state index contributed by atoms with van der Waals surface area (Å²) in [5.74, 6) is 4.73. The molecule has 3 rings (SSSR count). The van der Waals surface area contributed by atoms with Gasteiger partial charge in [-0.3, -0.25) is 9.59 Å². The number of amides is 2. The molecule has 0 atom stereocenters. The number of imidazole rings is 1. The van der Waals surface area contributed by atoms with E-state index in [1.807, 2.05) is 0 Å². The lowest BCUT2D eigenvalue weighted by Gasteiger charge is -2.13. The predicted octanol–water partition coefficient (Wildman–Crippen LogP) is 4.25. The van der Waals surface area contributed by atoms with Crippen molar-refractivity contribution in [2.45, 2.75) is 12.6 Å². The van der Waals surface area contributed by atoms with Crippen LogP contribution in [-0.2, 0) is 15.8 Å². The van der Waals surface area contributed by atoms with E-state index in [4.69, 9.17) is 16.3 Å². The number of H-pyrrole nitrogens is 1. The summed E-state index contributed by atoms with van der Waals surface area (Å²) < 4.78 is 44.4. The highest BCUT2D eigenvalue weighted by Crippen LogP contribution is 2.32. The Labute approximate surface area is 197 Å². The molecule has 1 heterocycles. The number of alkyl halides is 3. The molecule has 0 radical (unpaired) electrons. The summed E-state index contributed by atoms with van der Waals surface area (Å²) in [6, 6.07) is 11.0. The third-order valence-electron chi connectivity index (χ3n) is 4.35. The van der Waals surface area contributed by atoms with E-state index in [9.17, 15) is 22.8 Å². The van der Waals surface area contributed by atoms with Crippen molar-refractivity contribution in [3.63, 3.8) is 0 Å². The first kappa shape index (κ1) is 24.7. The molecule has 0 aliphatic rings. The number of benzene rings is 2. The molecular formula is C23H18ClF3N4O3. The highest BCUT2D eigenvalue weighted by Gasteiger charge is 2.33. The van der Waals surface area contributed by atoms with Crippen LogP contribution in [0.1, 0.15) is 17.7 Å². The Morgan fingerprint density at radius 2 is 1.97 bits per heavy atom. The quantitative estimate of drug-likeness (QED) is 0.250. The summed E-state index contributed by atoms with van der Waals surface area (Å²) in [6.07, 6.45) is -2.82. The molecular weight excluding hydrogens is 473 g/mol. The molecule has 34 heavy (non-hydrogen) atoms. The van der Waals surface area contributed by atoms with Gasteiger partial charge in [0.05, 0.1) is 18.5 Å². The van der Waals surface area contributed by atoms with E-state index in [2.05, 4.69) is 32.4 Å². The van der Waals surface area contributed by atoms with E-state index in [0.29, 0.717) is 41.7 Å². The second kappa shape index (κ2) is 11.2. The standard InChI is InChI=1S/C23H18ClF3N4O3/c24-17-6-2-15(3-7-17)4-9-21(33)30-18-12-16(22-29-13-20(31-22)23(25,26)27)5-8-19(18)34-11-1-10-28-14-32/h2-3,5-8,12-14H,1,10-11H2,(H,28,32)(H,29,31)(H,30,33). The summed E-state index contributed by atoms with van der Waals surface area (Å²) in [4.78, 5) is 28.7. The van der Waals surface area contributed by atoms with E-state index in [0.717, 1.165) is 0 Å². The Morgan fingerprint density at radius 3 is 2.65 bits per heavy atom. The number of rotatable bonds is 8. The first-order valence-corrected chi connectivity index (χ1v) is 10.3. The zero-order valence-electron chi connectivity index (χ0n) is 17.5. The van der Waals surface area contributed by atoms with Gasteiger partial charge in [-0.05, 0) is 48.9 Å². The number of anilines is 1. The first-order chi connectivity index (χ1) is 16.3. The number of halogens is 4. The maximum Gasteiger partial charge on any atom is 0.432 e. The summed E-state index contributed by atoms with van der Waals surface area (Å²) in [5, 5.41) is 5.62. The van der Waals surface area contributed by atoms with Crippen molar-refractivity contribution in [1.82, 2.24) is 15.3 Å². The van der Waals surface area contributed by atoms with Crippen molar-refractivity contribution < 1.29 is 27.5 Å². The maximum atomic E-state index is 12.9. The van der Waals surface area contributed by atoms with Gasteiger partial charge in [-0.15, -0.1) is 0 Å². The number of carbonyl (C=O) groups is 2. The number of nitrogens with zero attached hydrogens (tertiary/aromatic N) is 1. The van der Waals surface area contributed by atoms with Crippen LogP contribution in [0, 0.1) is 11.8 Å². The minimum Gasteiger partial charge on any atom is -0.491 e. The molecule has 7 nitrogen and oxygen atoms in total. The lowest BCUT2D eigenvalue weighted by atomic mass is 10.1. The Kier molecular flexibility index (Phi) is 8.16. The lowest BCUT2D eigenvalue weighted by molar-refractivity contribution is -0.140. The fourth-order valence-electron chi connectivity index (χ4n) is 2.74. The van der Waals surface area contributed by atoms with E-state index in [1.165, 1.54) is 18.2 Å². The largest absolute Gasteiger partial charge is 0.491 e. The van der Waals surface area contributed by atoms with Crippen molar-refractivity contribution in [2.75, 3.05) is 18.5 Å². The van der Waals surface area contributed by atoms with E-state index < -0.39 is 17.8 Å². The van der Waals surface area contributed by atoms with Crippen LogP contribution in [-0.4, -0.2) is 35.4 Å². The van der Waals surface area contributed by atoms with Gasteiger partial charge in [0.15, 0.2) is 0 Å². The molecule has 0 saturated heterocycles. The Morgan fingerprint density at radius 1 is 1.21 bits per heavy atom. The zero-order valence-corrected chi connectivity index (χ0v) is 18.3. The second-order valence-electron chi connectivity index (χ2n) is 6.84. The van der Waals surface area contributed by atoms with Gasteiger partial charge in [0.2, 0.25) is 6.41 Å².